The Balaban J connectivity index is 4.17. The molecule has 0 saturated heterocycles. The third kappa shape index (κ3) is 4.26. The minimum Gasteiger partial charge on any atom is -0.247 e. The van der Waals surface area contributed by atoms with Crippen LogP contribution in [-0.2, 0) is 0 Å². The fraction of sp³-hybridized carbons (Fsp3) is 0.714. The summed E-state index contributed by atoms with van der Waals surface area (Å²) in [7, 11) is 0. The van der Waals surface area contributed by atoms with Crippen molar-refractivity contribution < 1.29 is 26.3 Å². The summed E-state index contributed by atoms with van der Waals surface area (Å²) in [6, 6.07) is 4.87. The van der Waals surface area contributed by atoms with E-state index < -0.39 is 53.8 Å². The third-order valence-corrected chi connectivity index (χ3v) is 6.61. The average Bonchev–Trinajstić information content (AvgIpc) is 2.51. The molecule has 0 heterocycles. The molecule has 0 N–H and O–H groups in total. The van der Waals surface area contributed by atoms with E-state index in [-0.39, 0.29) is 15.6 Å². The summed E-state index contributed by atoms with van der Waals surface area (Å²) in [5.41, 5.74) is -5.68. The number of alkyl halides is 6. The lowest BCUT2D eigenvalue weighted by molar-refractivity contribution is -0.206. The smallest absolute Gasteiger partial charge is 0.109 e. The van der Waals surface area contributed by atoms with Gasteiger partial charge in [-0.2, -0.15) is 0 Å². The lowest BCUT2D eigenvalue weighted by Gasteiger charge is -2.59. The van der Waals surface area contributed by atoms with E-state index in [4.69, 9.17) is 23.2 Å². The largest absolute Gasteiger partial charge is 0.247 e. The minimum atomic E-state index is -2.83. The van der Waals surface area contributed by atoms with E-state index in [1.165, 1.54) is 12.1 Å². The van der Waals surface area contributed by atoms with Crippen LogP contribution in [0.4, 0.5) is 26.3 Å². The van der Waals surface area contributed by atoms with E-state index in [2.05, 4.69) is 6.07 Å². The lowest BCUT2D eigenvalue weighted by atomic mass is 9.47. The van der Waals surface area contributed by atoms with Crippen LogP contribution in [-0.4, -0.2) is 37.0 Å². The summed E-state index contributed by atoms with van der Waals surface area (Å²) in [4.78, 5) is 0. The van der Waals surface area contributed by atoms with Gasteiger partial charge in [0.05, 0.1) is 20.9 Å². The fourth-order valence-electron chi connectivity index (χ4n) is 5.37. The summed E-state index contributed by atoms with van der Waals surface area (Å²) in [6.07, 6.45) is -13.7. The normalized spacial score (nSPS) is 23.8. The quantitative estimate of drug-likeness (QED) is 0.325. The summed E-state index contributed by atoms with van der Waals surface area (Å²) < 4.78 is 90.9. The molecule has 0 amide bonds. The van der Waals surface area contributed by atoms with Crippen LogP contribution in [0.1, 0.15) is 53.0 Å². The molecule has 1 radical (unpaired) electrons. The predicted molar refractivity (Wildman–Crippen MR) is 106 cm³/mol. The Hall–Kier alpha value is -0.620. The monoisotopic (exact) mass is 463 g/mol. The highest BCUT2D eigenvalue weighted by Crippen LogP contribution is 2.64. The van der Waals surface area contributed by atoms with Gasteiger partial charge in [-0.3, -0.25) is 0 Å². The molecular formula is C21H27Cl2F6. The van der Waals surface area contributed by atoms with E-state index in [0.717, 1.165) is 41.5 Å². The molecule has 167 valence electrons. The van der Waals surface area contributed by atoms with Gasteiger partial charge >= 0.3 is 0 Å². The number of hydrogen-bond acceptors (Lipinski definition) is 0. The first-order valence-electron chi connectivity index (χ1n) is 9.41. The van der Waals surface area contributed by atoms with E-state index in [1.807, 2.05) is 0 Å². The molecule has 0 spiro atoms. The Morgan fingerprint density at radius 3 is 1.21 bits per heavy atom. The second-order valence-electron chi connectivity index (χ2n) is 7.71. The summed E-state index contributed by atoms with van der Waals surface area (Å²) >= 11 is 11.9. The molecule has 0 aromatic heterocycles. The van der Waals surface area contributed by atoms with E-state index in [1.54, 1.807) is 0 Å². The van der Waals surface area contributed by atoms with Gasteiger partial charge in [-0.05, 0) is 59.2 Å². The van der Waals surface area contributed by atoms with Crippen molar-refractivity contribution in [2.75, 3.05) is 0 Å². The predicted octanol–water partition coefficient (Wildman–Crippen LogP) is 8.00. The first kappa shape index (κ1) is 26.4. The molecule has 0 aliphatic rings. The second-order valence-corrected chi connectivity index (χ2v) is 8.53. The SMILES string of the molecule is CC(F)C(c1cc(Cl)[c]c(Cl)c1)C(C(C)F)(C(C)F)C(C(C)F)(C(C)F)C(C)F. The van der Waals surface area contributed by atoms with E-state index >= 15 is 26.3 Å². The Morgan fingerprint density at radius 2 is 0.966 bits per heavy atom. The maximum Gasteiger partial charge on any atom is 0.109 e. The molecule has 0 bridgehead atoms. The van der Waals surface area contributed by atoms with Crippen molar-refractivity contribution in [2.24, 2.45) is 10.8 Å². The summed E-state index contributed by atoms with van der Waals surface area (Å²) in [6.45, 7) is 5.25. The first-order valence-corrected chi connectivity index (χ1v) is 10.2. The second kappa shape index (κ2) is 9.67. The van der Waals surface area contributed by atoms with Gasteiger partial charge in [0.15, 0.2) is 0 Å². The highest BCUT2D eigenvalue weighted by molar-refractivity contribution is 6.34. The standard InChI is InChI=1S/C21H27Cl2F6/c1-10(24)19(16-7-17(22)9-18(23)8-16)21(14(5)28,15(6)29)20(11(2)25,12(3)26)13(4)27/h7-8,10-15,19H,1-6H3. The van der Waals surface area contributed by atoms with Gasteiger partial charge in [-0.15, -0.1) is 0 Å². The number of benzene rings is 1. The van der Waals surface area contributed by atoms with Crippen LogP contribution < -0.4 is 0 Å². The molecule has 29 heavy (non-hydrogen) atoms. The van der Waals surface area contributed by atoms with Gasteiger partial charge in [0, 0.05) is 12.0 Å². The Morgan fingerprint density at radius 1 is 0.655 bits per heavy atom. The van der Waals surface area contributed by atoms with Crippen LogP contribution in [0.25, 0.3) is 0 Å². The van der Waals surface area contributed by atoms with Crippen molar-refractivity contribution in [1.29, 1.82) is 0 Å². The molecule has 0 saturated carbocycles. The molecule has 0 fully saturated rings. The van der Waals surface area contributed by atoms with Crippen molar-refractivity contribution >= 4 is 23.2 Å². The zero-order valence-corrected chi connectivity index (χ0v) is 18.7. The Bertz CT molecular complexity index is 623. The molecule has 0 nitrogen and oxygen atoms in total. The third-order valence-electron chi connectivity index (χ3n) is 6.20. The lowest BCUT2D eigenvalue weighted by Crippen LogP contribution is -2.67. The van der Waals surface area contributed by atoms with Crippen LogP contribution in [0.15, 0.2) is 12.1 Å². The van der Waals surface area contributed by atoms with Gasteiger partial charge in [-0.1, -0.05) is 23.2 Å². The van der Waals surface area contributed by atoms with Crippen molar-refractivity contribution in [3.8, 4) is 0 Å². The van der Waals surface area contributed by atoms with Gasteiger partial charge in [0.2, 0.25) is 0 Å². The molecule has 1 aromatic carbocycles. The summed E-state index contributed by atoms with van der Waals surface area (Å²) in [5.74, 6) is -1.79. The zero-order chi connectivity index (χ0) is 22.9. The molecule has 8 heteroatoms. The molecule has 0 aliphatic carbocycles. The maximum absolute atomic E-state index is 15.4. The van der Waals surface area contributed by atoms with Gasteiger partial charge in [0.25, 0.3) is 0 Å². The van der Waals surface area contributed by atoms with Gasteiger partial charge in [-0.25, -0.2) is 26.3 Å². The molecular weight excluding hydrogens is 437 g/mol. The minimum absolute atomic E-state index is 0.0782. The molecule has 7 unspecified atom stereocenters. The van der Waals surface area contributed by atoms with Crippen LogP contribution in [0.3, 0.4) is 0 Å². The van der Waals surface area contributed by atoms with E-state index in [9.17, 15) is 0 Å². The van der Waals surface area contributed by atoms with Crippen LogP contribution in [0, 0.1) is 16.9 Å². The topological polar surface area (TPSA) is 0 Å². The number of halogens is 8. The first-order chi connectivity index (χ1) is 13.2. The van der Waals surface area contributed by atoms with Crippen molar-refractivity contribution in [3.63, 3.8) is 0 Å². The van der Waals surface area contributed by atoms with Crippen LogP contribution in [0.2, 0.25) is 10.0 Å². The Kier molecular flexibility index (Phi) is 8.81. The highest BCUT2D eigenvalue weighted by atomic mass is 35.5. The molecule has 1 aromatic rings. The highest BCUT2D eigenvalue weighted by Gasteiger charge is 2.71. The molecule has 7 atom stereocenters. The van der Waals surface area contributed by atoms with Gasteiger partial charge in [0.1, 0.15) is 37.0 Å². The summed E-state index contributed by atoms with van der Waals surface area (Å²) in [5, 5.41) is -0.156. The van der Waals surface area contributed by atoms with Crippen molar-refractivity contribution in [1.82, 2.24) is 0 Å². The van der Waals surface area contributed by atoms with Crippen molar-refractivity contribution in [3.05, 3.63) is 33.8 Å². The van der Waals surface area contributed by atoms with Gasteiger partial charge < -0.3 is 0 Å². The average molecular weight is 464 g/mol. The zero-order valence-electron chi connectivity index (χ0n) is 17.2. The fourth-order valence-corrected chi connectivity index (χ4v) is 5.88. The van der Waals surface area contributed by atoms with Crippen LogP contribution >= 0.6 is 23.2 Å². The number of hydrogen-bond donors (Lipinski definition) is 0. The van der Waals surface area contributed by atoms with Crippen molar-refractivity contribution in [2.45, 2.75) is 84.5 Å². The van der Waals surface area contributed by atoms with Crippen LogP contribution in [0.5, 0.6) is 0 Å². The maximum atomic E-state index is 15.4. The Labute approximate surface area is 179 Å². The van der Waals surface area contributed by atoms with E-state index in [0.29, 0.717) is 0 Å². The number of rotatable bonds is 9. The molecule has 0 aliphatic heterocycles. The molecule has 1 rings (SSSR count).